The lowest BCUT2D eigenvalue weighted by Crippen LogP contribution is -2.37. The number of carbonyl (C=O) groups is 3. The van der Waals surface area contributed by atoms with E-state index in [4.69, 9.17) is 11.6 Å². The summed E-state index contributed by atoms with van der Waals surface area (Å²) in [6.07, 6.45) is 1.22. The van der Waals surface area contributed by atoms with Crippen molar-refractivity contribution in [3.05, 3.63) is 33.8 Å². The highest BCUT2D eigenvalue weighted by Gasteiger charge is 2.34. The second kappa shape index (κ2) is 8.67. The monoisotopic (exact) mass is 338 g/mol. The average molecular weight is 339 g/mol. The molecule has 0 saturated heterocycles. The Hall–Kier alpha value is -1.88. The van der Waals surface area contributed by atoms with Crippen LogP contribution in [0.1, 0.15) is 48.2 Å². The van der Waals surface area contributed by atoms with Gasteiger partial charge in [-0.25, -0.2) is 0 Å². The van der Waals surface area contributed by atoms with E-state index in [1.807, 2.05) is 20.8 Å². The van der Waals surface area contributed by atoms with Crippen LogP contribution in [0.4, 0.5) is 0 Å². The molecule has 1 aromatic carbocycles. The number of rotatable bonds is 5. The van der Waals surface area contributed by atoms with Gasteiger partial charge in [-0.15, -0.1) is 0 Å². The molecule has 5 nitrogen and oxygen atoms in total. The van der Waals surface area contributed by atoms with Gasteiger partial charge in [-0.3, -0.25) is 9.59 Å². The van der Waals surface area contributed by atoms with Crippen molar-refractivity contribution in [2.45, 2.75) is 46.2 Å². The molecule has 0 fully saturated rings. The maximum atomic E-state index is 12.4. The molecule has 0 bridgehead atoms. The van der Waals surface area contributed by atoms with Crippen molar-refractivity contribution in [2.24, 2.45) is 0 Å². The Bertz CT molecular complexity index is 602. The van der Waals surface area contributed by atoms with Gasteiger partial charge in [0, 0.05) is 36.2 Å². The summed E-state index contributed by atoms with van der Waals surface area (Å²) < 4.78 is 0. The van der Waals surface area contributed by atoms with Crippen LogP contribution < -0.4 is 5.32 Å². The fraction of sp³-hybridized carbons (Fsp3) is 0.471. The quantitative estimate of drug-likeness (QED) is 0.839. The second-order valence-electron chi connectivity index (χ2n) is 5.12. The van der Waals surface area contributed by atoms with E-state index in [-0.39, 0.29) is 18.2 Å². The zero-order chi connectivity index (χ0) is 17.6. The normalized spacial score (nSPS) is 13.8. The van der Waals surface area contributed by atoms with Crippen LogP contribution in [0, 0.1) is 6.92 Å². The standard InChI is InChI=1S/C15H17ClN2O3.C2H6/c1-9-5-11-12(13(16)6-9)7-18(15(11)21)10(8-19)3-4-14(20)17-2;1-2/h5-6,8,10H,3-4,7H2,1-2H3,(H,17,20);1-2H3. The fourth-order valence-electron chi connectivity index (χ4n) is 2.49. The molecule has 23 heavy (non-hydrogen) atoms. The van der Waals surface area contributed by atoms with Gasteiger partial charge in [0.15, 0.2) is 0 Å². The number of fused-ring (bicyclic) bond motifs is 1. The number of hydrogen-bond donors (Lipinski definition) is 1. The number of benzene rings is 1. The molecule has 2 rings (SSSR count). The topological polar surface area (TPSA) is 66.5 Å². The number of aldehydes is 1. The van der Waals surface area contributed by atoms with Crippen molar-refractivity contribution in [1.29, 1.82) is 0 Å². The van der Waals surface area contributed by atoms with E-state index in [1.165, 1.54) is 11.9 Å². The maximum absolute atomic E-state index is 12.4. The minimum absolute atomic E-state index is 0.153. The molecule has 1 N–H and O–H groups in total. The van der Waals surface area contributed by atoms with Gasteiger partial charge in [0.05, 0.1) is 6.04 Å². The fourth-order valence-corrected chi connectivity index (χ4v) is 2.82. The van der Waals surface area contributed by atoms with E-state index in [0.29, 0.717) is 29.8 Å². The van der Waals surface area contributed by atoms with Crippen molar-refractivity contribution in [3.8, 4) is 0 Å². The Labute approximate surface area is 142 Å². The predicted octanol–water partition coefficient (Wildman–Crippen LogP) is 2.72. The highest BCUT2D eigenvalue weighted by atomic mass is 35.5. The lowest BCUT2D eigenvalue weighted by atomic mass is 10.1. The number of amides is 2. The number of hydrogen-bond acceptors (Lipinski definition) is 3. The van der Waals surface area contributed by atoms with E-state index < -0.39 is 6.04 Å². The zero-order valence-corrected chi connectivity index (χ0v) is 14.7. The van der Waals surface area contributed by atoms with Crippen LogP contribution in [-0.4, -0.2) is 36.1 Å². The number of halogens is 1. The molecule has 1 aliphatic heterocycles. The van der Waals surface area contributed by atoms with Crippen molar-refractivity contribution in [1.82, 2.24) is 10.2 Å². The molecule has 0 saturated carbocycles. The summed E-state index contributed by atoms with van der Waals surface area (Å²) in [6, 6.07) is 2.97. The summed E-state index contributed by atoms with van der Waals surface area (Å²) in [7, 11) is 1.54. The molecule has 1 aliphatic rings. The first-order valence-electron chi connectivity index (χ1n) is 7.73. The Balaban J connectivity index is 0.00000127. The van der Waals surface area contributed by atoms with Crippen LogP contribution in [0.3, 0.4) is 0 Å². The number of nitrogens with zero attached hydrogens (tertiary/aromatic N) is 1. The molecule has 6 heteroatoms. The molecule has 1 aromatic rings. The first kappa shape index (κ1) is 19.2. The summed E-state index contributed by atoms with van der Waals surface area (Å²) in [5.41, 5.74) is 2.20. The Morgan fingerprint density at radius 3 is 2.65 bits per heavy atom. The van der Waals surface area contributed by atoms with Crippen LogP contribution in [0.25, 0.3) is 0 Å². The van der Waals surface area contributed by atoms with Gasteiger partial charge in [0.1, 0.15) is 6.29 Å². The van der Waals surface area contributed by atoms with Crippen molar-refractivity contribution >= 4 is 29.7 Å². The molecule has 126 valence electrons. The van der Waals surface area contributed by atoms with E-state index in [1.54, 1.807) is 12.1 Å². The Kier molecular flexibility index (Phi) is 7.23. The van der Waals surface area contributed by atoms with E-state index >= 15 is 0 Å². The van der Waals surface area contributed by atoms with E-state index in [9.17, 15) is 14.4 Å². The zero-order valence-electron chi connectivity index (χ0n) is 14.0. The van der Waals surface area contributed by atoms with Gasteiger partial charge >= 0.3 is 0 Å². The molecule has 1 unspecified atom stereocenters. The van der Waals surface area contributed by atoms with Crippen molar-refractivity contribution in [2.75, 3.05) is 7.05 Å². The molecule has 0 spiro atoms. The van der Waals surface area contributed by atoms with Gasteiger partial charge in [-0.1, -0.05) is 25.4 Å². The second-order valence-corrected chi connectivity index (χ2v) is 5.53. The smallest absolute Gasteiger partial charge is 0.255 e. The van der Waals surface area contributed by atoms with Crippen LogP contribution in [0.2, 0.25) is 5.02 Å². The van der Waals surface area contributed by atoms with Crippen molar-refractivity contribution in [3.63, 3.8) is 0 Å². The van der Waals surface area contributed by atoms with Crippen LogP contribution in [-0.2, 0) is 16.1 Å². The van der Waals surface area contributed by atoms with Crippen molar-refractivity contribution < 1.29 is 14.4 Å². The highest BCUT2D eigenvalue weighted by molar-refractivity contribution is 6.32. The van der Waals surface area contributed by atoms with Crippen LogP contribution >= 0.6 is 11.6 Å². The van der Waals surface area contributed by atoms with Gasteiger partial charge in [-0.2, -0.15) is 0 Å². The summed E-state index contributed by atoms with van der Waals surface area (Å²) >= 11 is 6.17. The Morgan fingerprint density at radius 2 is 2.09 bits per heavy atom. The van der Waals surface area contributed by atoms with Crippen LogP contribution in [0.5, 0.6) is 0 Å². The van der Waals surface area contributed by atoms with E-state index in [2.05, 4.69) is 5.32 Å². The number of aryl methyl sites for hydroxylation is 1. The van der Waals surface area contributed by atoms with Gasteiger partial charge in [-0.05, 0) is 31.0 Å². The van der Waals surface area contributed by atoms with Gasteiger partial charge in [0.25, 0.3) is 5.91 Å². The first-order chi connectivity index (χ1) is 11.0. The molecule has 0 aliphatic carbocycles. The average Bonchev–Trinajstić information content (AvgIpc) is 2.87. The molecule has 1 atom stereocenters. The minimum Gasteiger partial charge on any atom is -0.359 e. The largest absolute Gasteiger partial charge is 0.359 e. The molecular formula is C17H23ClN2O3. The summed E-state index contributed by atoms with van der Waals surface area (Å²) in [5.74, 6) is -0.357. The number of nitrogens with one attached hydrogen (secondary N) is 1. The molecular weight excluding hydrogens is 316 g/mol. The minimum atomic E-state index is -0.612. The summed E-state index contributed by atoms with van der Waals surface area (Å²) in [5, 5.41) is 3.04. The molecule has 0 radical (unpaired) electrons. The highest BCUT2D eigenvalue weighted by Crippen LogP contribution is 2.32. The summed E-state index contributed by atoms with van der Waals surface area (Å²) in [4.78, 5) is 36.5. The SMILES string of the molecule is CC.CNC(=O)CCC(C=O)N1Cc2c(Cl)cc(C)cc2C1=O. The number of carbonyl (C=O) groups excluding carboxylic acids is 3. The van der Waals surface area contributed by atoms with Gasteiger partial charge < -0.3 is 15.0 Å². The Morgan fingerprint density at radius 1 is 1.43 bits per heavy atom. The van der Waals surface area contributed by atoms with E-state index in [0.717, 1.165) is 11.1 Å². The third kappa shape index (κ3) is 4.32. The lowest BCUT2D eigenvalue weighted by Gasteiger charge is -2.22. The van der Waals surface area contributed by atoms with Gasteiger partial charge in [0.2, 0.25) is 5.91 Å². The molecule has 1 heterocycles. The third-order valence-electron chi connectivity index (χ3n) is 3.66. The maximum Gasteiger partial charge on any atom is 0.255 e. The third-order valence-corrected chi connectivity index (χ3v) is 4.00. The lowest BCUT2D eigenvalue weighted by molar-refractivity contribution is -0.121. The predicted molar refractivity (Wildman–Crippen MR) is 90.6 cm³/mol. The summed E-state index contributed by atoms with van der Waals surface area (Å²) in [6.45, 7) is 6.18. The first-order valence-corrected chi connectivity index (χ1v) is 8.11. The molecule has 2 amide bonds. The molecule has 0 aromatic heterocycles. The van der Waals surface area contributed by atoms with Crippen LogP contribution in [0.15, 0.2) is 12.1 Å².